The third-order valence-corrected chi connectivity index (χ3v) is 5.14. The van der Waals surface area contributed by atoms with Crippen LogP contribution in [-0.4, -0.2) is 74.1 Å². The minimum absolute atomic E-state index is 0.00146. The Balaban J connectivity index is 2.33. The molecule has 1 aromatic carbocycles. The third-order valence-electron chi connectivity index (χ3n) is 4.07. The third kappa shape index (κ3) is 14.1. The number of rotatable bonds is 17. The van der Waals surface area contributed by atoms with E-state index in [1.54, 1.807) is 0 Å². The van der Waals surface area contributed by atoms with Gasteiger partial charge in [0.25, 0.3) is 0 Å². The van der Waals surface area contributed by atoms with Crippen molar-refractivity contribution in [2.45, 2.75) is 45.1 Å². The van der Waals surface area contributed by atoms with E-state index in [2.05, 4.69) is 6.92 Å². The summed E-state index contributed by atoms with van der Waals surface area (Å²) < 4.78 is 34.0. The standard InChI is InChI=1S/C21H36NO8P/c1-5-6-12-27-18-10-9-11-19(15-18)28-13-7-8-14-29-31(25,26)30-20(16-21(23)24)17-22(2,3)4/h9-11,15,20H,5-8,12-14,16-17H2,1-4H3,(H-,23,24,25,26)/p+1. The lowest BCUT2D eigenvalue weighted by atomic mass is 10.2. The highest BCUT2D eigenvalue weighted by Gasteiger charge is 2.31. The number of aliphatic carboxylic acids is 1. The monoisotopic (exact) mass is 462 g/mol. The van der Waals surface area contributed by atoms with Gasteiger partial charge in [-0.1, -0.05) is 19.4 Å². The number of phosphoric acid groups is 1. The van der Waals surface area contributed by atoms with Crippen LogP contribution in [0.5, 0.6) is 11.5 Å². The van der Waals surface area contributed by atoms with Gasteiger partial charge in [0.15, 0.2) is 0 Å². The van der Waals surface area contributed by atoms with E-state index in [0.717, 1.165) is 18.6 Å². The predicted octanol–water partition coefficient (Wildman–Crippen LogP) is 3.71. The minimum Gasteiger partial charge on any atom is -0.493 e. The van der Waals surface area contributed by atoms with E-state index in [1.807, 2.05) is 45.4 Å². The molecule has 1 rings (SSSR count). The zero-order valence-electron chi connectivity index (χ0n) is 19.0. The van der Waals surface area contributed by atoms with Gasteiger partial charge >= 0.3 is 13.8 Å². The van der Waals surface area contributed by atoms with E-state index in [0.29, 0.717) is 36.3 Å². The number of phosphoric ester groups is 1. The molecule has 1 aromatic rings. The summed E-state index contributed by atoms with van der Waals surface area (Å²) in [6, 6.07) is 7.42. The molecule has 0 bridgehead atoms. The van der Waals surface area contributed by atoms with Gasteiger partial charge in [0.2, 0.25) is 0 Å². The predicted molar refractivity (Wildman–Crippen MR) is 117 cm³/mol. The van der Waals surface area contributed by atoms with E-state index in [-0.39, 0.29) is 19.6 Å². The second-order valence-electron chi connectivity index (χ2n) is 8.33. The molecule has 0 saturated carbocycles. The van der Waals surface area contributed by atoms with Gasteiger partial charge in [-0.3, -0.25) is 13.8 Å². The van der Waals surface area contributed by atoms with Crippen LogP contribution in [0.4, 0.5) is 0 Å². The van der Waals surface area contributed by atoms with Crippen molar-refractivity contribution in [2.75, 3.05) is 47.5 Å². The van der Waals surface area contributed by atoms with E-state index in [9.17, 15) is 14.3 Å². The van der Waals surface area contributed by atoms with Crippen molar-refractivity contribution in [3.63, 3.8) is 0 Å². The highest BCUT2D eigenvalue weighted by Crippen LogP contribution is 2.45. The minimum atomic E-state index is -4.35. The molecule has 10 heteroatoms. The maximum atomic E-state index is 12.2. The summed E-state index contributed by atoms with van der Waals surface area (Å²) in [5.41, 5.74) is 0. The molecule has 0 amide bonds. The molecule has 0 saturated heterocycles. The van der Waals surface area contributed by atoms with E-state index >= 15 is 0 Å². The molecule has 0 radical (unpaired) electrons. The molecule has 0 fully saturated rings. The fourth-order valence-electron chi connectivity index (χ4n) is 2.72. The Morgan fingerprint density at radius 2 is 1.65 bits per heavy atom. The second-order valence-corrected chi connectivity index (χ2v) is 9.74. The van der Waals surface area contributed by atoms with Crippen LogP contribution in [0.1, 0.15) is 39.0 Å². The highest BCUT2D eigenvalue weighted by molar-refractivity contribution is 7.47. The van der Waals surface area contributed by atoms with Crippen LogP contribution < -0.4 is 9.47 Å². The summed E-state index contributed by atoms with van der Waals surface area (Å²) in [5.74, 6) is 0.357. The number of quaternary nitrogens is 1. The van der Waals surface area contributed by atoms with E-state index in [4.69, 9.17) is 23.6 Å². The van der Waals surface area contributed by atoms with Crippen LogP contribution in [-0.2, 0) is 18.4 Å². The van der Waals surface area contributed by atoms with Gasteiger partial charge in [0, 0.05) is 6.07 Å². The normalized spacial score (nSPS) is 14.6. The zero-order chi connectivity index (χ0) is 23.3. The van der Waals surface area contributed by atoms with Crippen LogP contribution in [0, 0.1) is 0 Å². The molecule has 2 N–H and O–H groups in total. The maximum Gasteiger partial charge on any atom is 0.472 e. The van der Waals surface area contributed by atoms with Crippen molar-refractivity contribution in [3.8, 4) is 11.5 Å². The molecule has 0 aromatic heterocycles. The molecular formula is C21H37NO8P+. The lowest BCUT2D eigenvalue weighted by Gasteiger charge is -2.29. The van der Waals surface area contributed by atoms with Crippen LogP contribution in [0.15, 0.2) is 24.3 Å². The van der Waals surface area contributed by atoms with Gasteiger partial charge in [-0.05, 0) is 31.4 Å². The number of hydrogen-bond donors (Lipinski definition) is 2. The fourth-order valence-corrected chi connectivity index (χ4v) is 3.66. The first-order chi connectivity index (χ1) is 14.5. The van der Waals surface area contributed by atoms with Gasteiger partial charge in [0.05, 0.1) is 47.4 Å². The van der Waals surface area contributed by atoms with Crippen molar-refractivity contribution in [3.05, 3.63) is 24.3 Å². The van der Waals surface area contributed by atoms with Crippen molar-refractivity contribution >= 4 is 13.8 Å². The van der Waals surface area contributed by atoms with E-state index in [1.165, 1.54) is 0 Å². The summed E-state index contributed by atoms with van der Waals surface area (Å²) in [6.45, 7) is 3.45. The maximum absolute atomic E-state index is 12.2. The molecule has 2 unspecified atom stereocenters. The Hall–Kier alpha value is -1.64. The van der Waals surface area contributed by atoms with Crippen molar-refractivity contribution in [2.24, 2.45) is 0 Å². The second kappa shape index (κ2) is 13.7. The van der Waals surface area contributed by atoms with Gasteiger partial charge < -0.3 is 24.0 Å². The number of carbonyl (C=O) groups is 1. The molecule has 9 nitrogen and oxygen atoms in total. The van der Waals surface area contributed by atoms with Crippen molar-refractivity contribution < 1.29 is 42.4 Å². The van der Waals surface area contributed by atoms with Gasteiger partial charge in [-0.2, -0.15) is 0 Å². The Morgan fingerprint density at radius 1 is 1.06 bits per heavy atom. The van der Waals surface area contributed by atoms with Crippen molar-refractivity contribution in [1.82, 2.24) is 0 Å². The quantitative estimate of drug-likeness (QED) is 0.205. The number of nitrogens with zero attached hydrogens (tertiary/aromatic N) is 1. The average Bonchev–Trinajstić information content (AvgIpc) is 2.63. The summed E-state index contributed by atoms with van der Waals surface area (Å²) in [6.07, 6.45) is 1.86. The largest absolute Gasteiger partial charge is 0.493 e. The van der Waals surface area contributed by atoms with Crippen LogP contribution >= 0.6 is 7.82 Å². The highest BCUT2D eigenvalue weighted by atomic mass is 31.2. The van der Waals surface area contributed by atoms with Crippen LogP contribution in [0.2, 0.25) is 0 Å². The van der Waals surface area contributed by atoms with Gasteiger partial charge in [-0.25, -0.2) is 4.57 Å². The number of carboxylic acid groups (broad SMARTS) is 1. The smallest absolute Gasteiger partial charge is 0.472 e. The lowest BCUT2D eigenvalue weighted by molar-refractivity contribution is -0.873. The Morgan fingerprint density at radius 3 is 2.19 bits per heavy atom. The number of benzene rings is 1. The number of likely N-dealkylation sites (N-methyl/N-ethyl adjacent to an activating group) is 1. The van der Waals surface area contributed by atoms with Gasteiger partial charge in [-0.15, -0.1) is 0 Å². The number of unbranched alkanes of at least 4 members (excludes halogenated alkanes) is 2. The summed E-state index contributed by atoms with van der Waals surface area (Å²) in [5, 5.41) is 8.99. The van der Waals surface area contributed by atoms with E-state index < -0.39 is 19.9 Å². The summed E-state index contributed by atoms with van der Waals surface area (Å²) in [7, 11) is 1.18. The van der Waals surface area contributed by atoms with Crippen LogP contribution in [0.3, 0.4) is 0 Å². The average molecular weight is 463 g/mol. The number of ether oxygens (including phenoxy) is 2. The van der Waals surface area contributed by atoms with Crippen molar-refractivity contribution in [1.29, 1.82) is 0 Å². The molecule has 0 heterocycles. The molecule has 2 atom stereocenters. The SMILES string of the molecule is CCCCOc1cccc(OCCCCOP(=O)(O)OC(CC(=O)O)C[N+](C)(C)C)c1. The first-order valence-electron chi connectivity index (χ1n) is 10.5. The molecular weight excluding hydrogens is 425 g/mol. The fraction of sp³-hybridized carbons (Fsp3) is 0.667. The number of carboxylic acids is 1. The van der Waals surface area contributed by atoms with Gasteiger partial charge in [0.1, 0.15) is 24.1 Å². The first-order valence-corrected chi connectivity index (χ1v) is 12.0. The Kier molecular flexibility index (Phi) is 12.1. The molecule has 0 aliphatic carbocycles. The lowest BCUT2D eigenvalue weighted by Crippen LogP contribution is -2.42. The zero-order valence-corrected chi connectivity index (χ0v) is 19.9. The topological polar surface area (TPSA) is 112 Å². The first kappa shape index (κ1) is 27.4. The molecule has 178 valence electrons. The molecule has 31 heavy (non-hydrogen) atoms. The van der Waals surface area contributed by atoms with Crippen LogP contribution in [0.25, 0.3) is 0 Å². The molecule has 0 spiro atoms. The number of hydrogen-bond acceptors (Lipinski definition) is 6. The molecule has 0 aliphatic rings. The Bertz CT molecular complexity index is 707. The summed E-state index contributed by atoms with van der Waals surface area (Å²) >= 11 is 0. The molecule has 0 aliphatic heterocycles. The Labute approximate surface area is 185 Å². The summed E-state index contributed by atoms with van der Waals surface area (Å²) in [4.78, 5) is 20.9.